The summed E-state index contributed by atoms with van der Waals surface area (Å²) in [6.45, 7) is 6.37. The molecule has 0 aliphatic carbocycles. The standard InChI is InChI=1S/C23H22O2/c1-17-16-20(23(2,3)19-12-8-5-9-13-19)14-15-21(17)25-22(24)18-10-6-4-7-11-18/h4-16H,1-3H3. The summed E-state index contributed by atoms with van der Waals surface area (Å²) in [5.41, 5.74) is 3.83. The summed E-state index contributed by atoms with van der Waals surface area (Å²) in [5, 5.41) is 0. The van der Waals surface area contributed by atoms with Crippen LogP contribution in [0.2, 0.25) is 0 Å². The third-order valence-corrected chi connectivity index (χ3v) is 4.60. The highest BCUT2D eigenvalue weighted by atomic mass is 16.5. The van der Waals surface area contributed by atoms with Gasteiger partial charge in [0.15, 0.2) is 0 Å². The molecule has 0 radical (unpaired) electrons. The van der Waals surface area contributed by atoms with Gasteiger partial charge >= 0.3 is 5.97 Å². The van der Waals surface area contributed by atoms with Crippen LogP contribution >= 0.6 is 0 Å². The molecule has 3 aromatic carbocycles. The van der Waals surface area contributed by atoms with Gasteiger partial charge in [-0.3, -0.25) is 0 Å². The highest BCUT2D eigenvalue weighted by molar-refractivity contribution is 5.91. The molecule has 2 heteroatoms. The maximum absolute atomic E-state index is 12.2. The van der Waals surface area contributed by atoms with E-state index in [9.17, 15) is 4.79 Å². The molecular formula is C23H22O2. The number of benzene rings is 3. The zero-order chi connectivity index (χ0) is 17.9. The second-order valence-corrected chi connectivity index (χ2v) is 6.73. The molecule has 0 amide bonds. The molecule has 3 aromatic rings. The van der Waals surface area contributed by atoms with Crippen LogP contribution in [0.3, 0.4) is 0 Å². The average molecular weight is 330 g/mol. The number of hydrogen-bond acceptors (Lipinski definition) is 2. The lowest BCUT2D eigenvalue weighted by Gasteiger charge is -2.27. The highest BCUT2D eigenvalue weighted by Gasteiger charge is 2.23. The quantitative estimate of drug-likeness (QED) is 0.464. The van der Waals surface area contributed by atoms with E-state index in [2.05, 4.69) is 44.2 Å². The summed E-state index contributed by atoms with van der Waals surface area (Å²) >= 11 is 0. The maximum Gasteiger partial charge on any atom is 0.343 e. The van der Waals surface area contributed by atoms with E-state index in [4.69, 9.17) is 4.74 Å². The number of aryl methyl sites for hydroxylation is 1. The summed E-state index contributed by atoms with van der Waals surface area (Å²) in [6, 6.07) is 25.5. The minimum Gasteiger partial charge on any atom is -0.423 e. The van der Waals surface area contributed by atoms with Crippen molar-refractivity contribution in [1.82, 2.24) is 0 Å². The Hall–Kier alpha value is -2.87. The molecule has 0 aromatic heterocycles. The van der Waals surface area contributed by atoms with Gasteiger partial charge < -0.3 is 4.74 Å². The molecule has 0 aliphatic heterocycles. The molecule has 0 spiro atoms. The van der Waals surface area contributed by atoms with Crippen LogP contribution in [0.5, 0.6) is 5.75 Å². The summed E-state index contributed by atoms with van der Waals surface area (Å²) < 4.78 is 5.57. The Kier molecular flexibility index (Phi) is 4.71. The number of rotatable bonds is 4. The van der Waals surface area contributed by atoms with Crippen LogP contribution in [0.1, 0.15) is 40.9 Å². The molecule has 0 saturated heterocycles. The van der Waals surface area contributed by atoms with Gasteiger partial charge in [0.1, 0.15) is 5.75 Å². The summed E-state index contributed by atoms with van der Waals surface area (Å²) in [7, 11) is 0. The van der Waals surface area contributed by atoms with E-state index in [-0.39, 0.29) is 11.4 Å². The molecule has 0 aliphatic rings. The van der Waals surface area contributed by atoms with Gasteiger partial charge in [0, 0.05) is 5.41 Å². The third kappa shape index (κ3) is 3.63. The monoisotopic (exact) mass is 330 g/mol. The first-order valence-corrected chi connectivity index (χ1v) is 8.42. The number of carbonyl (C=O) groups is 1. The van der Waals surface area contributed by atoms with Crippen LogP contribution in [0.15, 0.2) is 78.9 Å². The molecule has 0 heterocycles. The summed E-state index contributed by atoms with van der Waals surface area (Å²) in [6.07, 6.45) is 0. The highest BCUT2D eigenvalue weighted by Crippen LogP contribution is 2.33. The third-order valence-electron chi connectivity index (χ3n) is 4.60. The van der Waals surface area contributed by atoms with E-state index in [0.717, 1.165) is 5.56 Å². The minimum atomic E-state index is -0.334. The second kappa shape index (κ2) is 6.94. The molecule has 0 N–H and O–H groups in total. The van der Waals surface area contributed by atoms with Crippen molar-refractivity contribution in [2.24, 2.45) is 0 Å². The van der Waals surface area contributed by atoms with Crippen molar-refractivity contribution < 1.29 is 9.53 Å². The van der Waals surface area contributed by atoms with Gasteiger partial charge in [-0.2, -0.15) is 0 Å². The van der Waals surface area contributed by atoms with Gasteiger partial charge in [0.05, 0.1) is 5.56 Å². The summed E-state index contributed by atoms with van der Waals surface area (Å²) in [4.78, 5) is 12.2. The molecular weight excluding hydrogens is 308 g/mol. The first-order valence-electron chi connectivity index (χ1n) is 8.42. The average Bonchev–Trinajstić information content (AvgIpc) is 2.64. The van der Waals surface area contributed by atoms with Crippen molar-refractivity contribution >= 4 is 5.97 Å². The predicted octanol–water partition coefficient (Wildman–Crippen LogP) is 5.54. The Morgan fingerprint density at radius 2 is 1.40 bits per heavy atom. The van der Waals surface area contributed by atoms with Crippen LogP contribution in [-0.4, -0.2) is 5.97 Å². The fraction of sp³-hybridized carbons (Fsp3) is 0.174. The van der Waals surface area contributed by atoms with Crippen LogP contribution in [-0.2, 0) is 5.41 Å². The largest absolute Gasteiger partial charge is 0.423 e. The van der Waals surface area contributed by atoms with E-state index in [1.165, 1.54) is 11.1 Å². The Balaban J connectivity index is 1.85. The first kappa shape index (κ1) is 17.0. The molecule has 2 nitrogen and oxygen atoms in total. The van der Waals surface area contributed by atoms with Crippen molar-refractivity contribution in [2.45, 2.75) is 26.2 Å². The molecule has 3 rings (SSSR count). The maximum atomic E-state index is 12.2. The Bertz CT molecular complexity index is 865. The Morgan fingerprint density at radius 1 is 0.800 bits per heavy atom. The van der Waals surface area contributed by atoms with Gasteiger partial charge in [-0.1, -0.05) is 74.5 Å². The normalized spacial score (nSPS) is 11.2. The Labute approximate surface area is 149 Å². The lowest BCUT2D eigenvalue weighted by Crippen LogP contribution is -2.19. The molecule has 126 valence electrons. The predicted molar refractivity (Wildman–Crippen MR) is 101 cm³/mol. The van der Waals surface area contributed by atoms with E-state index in [1.807, 2.05) is 43.3 Å². The van der Waals surface area contributed by atoms with Gasteiger partial charge in [-0.25, -0.2) is 4.79 Å². The van der Waals surface area contributed by atoms with E-state index >= 15 is 0 Å². The van der Waals surface area contributed by atoms with Crippen molar-refractivity contribution in [3.8, 4) is 5.75 Å². The van der Waals surface area contributed by atoms with Gasteiger partial charge in [-0.05, 0) is 41.8 Å². The van der Waals surface area contributed by atoms with E-state index in [0.29, 0.717) is 11.3 Å². The number of ether oxygens (including phenoxy) is 1. The van der Waals surface area contributed by atoms with Crippen LogP contribution in [0.25, 0.3) is 0 Å². The minimum absolute atomic E-state index is 0.117. The lowest BCUT2D eigenvalue weighted by atomic mass is 9.78. The van der Waals surface area contributed by atoms with Crippen molar-refractivity contribution in [2.75, 3.05) is 0 Å². The first-order chi connectivity index (χ1) is 12.0. The SMILES string of the molecule is Cc1cc(C(C)(C)c2ccccc2)ccc1OC(=O)c1ccccc1. The van der Waals surface area contributed by atoms with Gasteiger partial charge in [0.2, 0.25) is 0 Å². The van der Waals surface area contributed by atoms with Crippen LogP contribution in [0, 0.1) is 6.92 Å². The molecule has 0 atom stereocenters. The number of esters is 1. The fourth-order valence-corrected chi connectivity index (χ4v) is 2.91. The smallest absolute Gasteiger partial charge is 0.343 e. The molecule has 25 heavy (non-hydrogen) atoms. The van der Waals surface area contributed by atoms with Gasteiger partial charge in [0.25, 0.3) is 0 Å². The fourth-order valence-electron chi connectivity index (χ4n) is 2.91. The van der Waals surface area contributed by atoms with Crippen molar-refractivity contribution in [3.05, 3.63) is 101 Å². The lowest BCUT2D eigenvalue weighted by molar-refractivity contribution is 0.0733. The number of hydrogen-bond donors (Lipinski definition) is 0. The molecule has 0 bridgehead atoms. The number of carbonyl (C=O) groups excluding carboxylic acids is 1. The zero-order valence-electron chi connectivity index (χ0n) is 14.8. The van der Waals surface area contributed by atoms with E-state index < -0.39 is 0 Å². The molecule has 0 fully saturated rings. The van der Waals surface area contributed by atoms with Gasteiger partial charge in [-0.15, -0.1) is 0 Å². The molecule has 0 saturated carbocycles. The Morgan fingerprint density at radius 3 is 2.00 bits per heavy atom. The second-order valence-electron chi connectivity index (χ2n) is 6.73. The van der Waals surface area contributed by atoms with Crippen LogP contribution < -0.4 is 4.74 Å². The van der Waals surface area contributed by atoms with Crippen LogP contribution in [0.4, 0.5) is 0 Å². The van der Waals surface area contributed by atoms with Crippen molar-refractivity contribution in [3.63, 3.8) is 0 Å². The van der Waals surface area contributed by atoms with Crippen molar-refractivity contribution in [1.29, 1.82) is 0 Å². The summed E-state index contributed by atoms with van der Waals surface area (Å²) in [5.74, 6) is 0.264. The topological polar surface area (TPSA) is 26.3 Å². The molecule has 0 unspecified atom stereocenters. The van der Waals surface area contributed by atoms with E-state index in [1.54, 1.807) is 12.1 Å². The zero-order valence-corrected chi connectivity index (χ0v) is 14.8.